The van der Waals surface area contributed by atoms with Crippen LogP contribution in [0.5, 0.6) is 0 Å². The summed E-state index contributed by atoms with van der Waals surface area (Å²) in [6.07, 6.45) is 0. The Balaban J connectivity index is 3.03. The van der Waals surface area contributed by atoms with Gasteiger partial charge in [-0.1, -0.05) is 12.1 Å². The molecule has 4 heteroatoms. The van der Waals surface area contributed by atoms with Gasteiger partial charge in [-0.05, 0) is 12.1 Å². The molecular formula is C10H6N2OS. The zero-order chi connectivity index (χ0) is 10.1. The third-order valence-electron chi connectivity index (χ3n) is 1.94. The van der Waals surface area contributed by atoms with E-state index >= 15 is 0 Å². The molecule has 0 atom stereocenters. The van der Waals surface area contributed by atoms with E-state index in [4.69, 9.17) is 11.0 Å². The van der Waals surface area contributed by atoms with Gasteiger partial charge in [0.15, 0.2) is 0 Å². The molecule has 0 aliphatic rings. The minimum atomic E-state index is -0.278. The molecule has 2 aromatic rings. The summed E-state index contributed by atoms with van der Waals surface area (Å²) in [5, 5.41) is 9.58. The second-order valence-corrected chi connectivity index (χ2v) is 3.86. The number of nitrogens with zero attached hydrogens (tertiary/aromatic N) is 1. The predicted molar refractivity (Wildman–Crippen MR) is 57.2 cm³/mol. The number of fused-ring (bicyclic) bond motifs is 1. The van der Waals surface area contributed by atoms with Crippen molar-refractivity contribution in [1.29, 1.82) is 5.26 Å². The molecule has 0 aliphatic carbocycles. The minimum absolute atomic E-state index is 0.0497. The molecular weight excluding hydrogens is 196 g/mol. The molecule has 0 amide bonds. The maximum absolute atomic E-state index is 11.7. The van der Waals surface area contributed by atoms with Crippen molar-refractivity contribution in [2.24, 2.45) is 0 Å². The Labute approximate surface area is 84.0 Å². The maximum Gasteiger partial charge on any atom is 0.207 e. The van der Waals surface area contributed by atoms with Crippen LogP contribution >= 0.6 is 11.3 Å². The molecule has 0 saturated carbocycles. The van der Waals surface area contributed by atoms with Gasteiger partial charge in [-0.2, -0.15) is 5.26 Å². The SMILES string of the molecule is N#Cc1c(N)sc2ccccc2c1=O. The molecule has 0 unspecified atom stereocenters. The Kier molecular flexibility index (Phi) is 1.95. The summed E-state index contributed by atoms with van der Waals surface area (Å²) in [6, 6.07) is 8.96. The monoisotopic (exact) mass is 202 g/mol. The van der Waals surface area contributed by atoms with E-state index in [1.54, 1.807) is 12.1 Å². The highest BCUT2D eigenvalue weighted by molar-refractivity contribution is 7.22. The molecule has 1 heterocycles. The summed E-state index contributed by atoms with van der Waals surface area (Å²) in [5.74, 6) is 0. The number of nitriles is 1. The maximum atomic E-state index is 11.7. The lowest BCUT2D eigenvalue weighted by atomic mass is 10.2. The van der Waals surface area contributed by atoms with Gasteiger partial charge in [-0.15, -0.1) is 11.3 Å². The first kappa shape index (κ1) is 8.73. The predicted octanol–water partition coefficient (Wildman–Crippen LogP) is 1.72. The van der Waals surface area contributed by atoms with Crippen molar-refractivity contribution in [2.75, 3.05) is 5.73 Å². The number of benzene rings is 1. The summed E-state index contributed by atoms with van der Waals surface area (Å²) in [4.78, 5) is 11.7. The molecule has 2 N–H and O–H groups in total. The Morgan fingerprint density at radius 3 is 2.79 bits per heavy atom. The zero-order valence-corrected chi connectivity index (χ0v) is 7.97. The summed E-state index contributed by atoms with van der Waals surface area (Å²) in [7, 11) is 0. The molecule has 3 nitrogen and oxygen atoms in total. The molecule has 14 heavy (non-hydrogen) atoms. The molecule has 0 fully saturated rings. The van der Waals surface area contributed by atoms with Crippen LogP contribution in [0.1, 0.15) is 5.56 Å². The van der Waals surface area contributed by atoms with Crippen LogP contribution in [0.2, 0.25) is 0 Å². The van der Waals surface area contributed by atoms with Gasteiger partial charge in [0.25, 0.3) is 0 Å². The van der Waals surface area contributed by atoms with Crippen molar-refractivity contribution in [1.82, 2.24) is 0 Å². The molecule has 2 rings (SSSR count). The molecule has 0 spiro atoms. The van der Waals surface area contributed by atoms with Gasteiger partial charge in [0.05, 0.1) is 0 Å². The van der Waals surface area contributed by atoms with E-state index in [2.05, 4.69) is 0 Å². The van der Waals surface area contributed by atoms with Crippen molar-refractivity contribution >= 4 is 26.4 Å². The standard InChI is InChI=1S/C10H6N2OS/c11-5-7-9(13)6-3-1-2-4-8(6)14-10(7)12/h1-4H,12H2. The van der Waals surface area contributed by atoms with E-state index in [9.17, 15) is 4.79 Å². The average Bonchev–Trinajstić information content (AvgIpc) is 2.18. The smallest absolute Gasteiger partial charge is 0.207 e. The van der Waals surface area contributed by atoms with E-state index in [0.717, 1.165) is 4.70 Å². The van der Waals surface area contributed by atoms with Crippen molar-refractivity contribution in [2.45, 2.75) is 0 Å². The average molecular weight is 202 g/mol. The fourth-order valence-electron chi connectivity index (χ4n) is 1.27. The molecule has 0 aliphatic heterocycles. The Morgan fingerprint density at radius 1 is 1.36 bits per heavy atom. The minimum Gasteiger partial charge on any atom is -0.389 e. The number of rotatable bonds is 0. The number of nitrogen functional groups attached to an aromatic ring is 1. The molecule has 68 valence electrons. The van der Waals surface area contributed by atoms with Crippen molar-refractivity contribution < 1.29 is 0 Å². The van der Waals surface area contributed by atoms with Crippen LogP contribution in [0.25, 0.3) is 10.1 Å². The summed E-state index contributed by atoms with van der Waals surface area (Å²) >= 11 is 1.26. The first-order chi connectivity index (χ1) is 6.74. The largest absolute Gasteiger partial charge is 0.389 e. The number of hydrogen-bond donors (Lipinski definition) is 1. The molecule has 0 saturated heterocycles. The van der Waals surface area contributed by atoms with Crippen molar-refractivity contribution in [3.05, 3.63) is 40.1 Å². The van der Waals surface area contributed by atoms with Gasteiger partial charge in [0.2, 0.25) is 5.43 Å². The summed E-state index contributed by atoms with van der Waals surface area (Å²) in [5.41, 5.74) is 5.37. The molecule has 1 aromatic heterocycles. The van der Waals surface area contributed by atoms with Gasteiger partial charge in [-0.25, -0.2) is 0 Å². The van der Waals surface area contributed by atoms with Crippen LogP contribution in [0.3, 0.4) is 0 Å². The lowest BCUT2D eigenvalue weighted by Gasteiger charge is -1.98. The van der Waals surface area contributed by atoms with Crippen LogP contribution < -0.4 is 11.2 Å². The summed E-state index contributed by atoms with van der Waals surface area (Å²) in [6.45, 7) is 0. The van der Waals surface area contributed by atoms with Gasteiger partial charge in [0, 0.05) is 10.1 Å². The third kappa shape index (κ3) is 1.15. The fourth-order valence-corrected chi connectivity index (χ4v) is 2.16. The number of hydrogen-bond acceptors (Lipinski definition) is 4. The first-order valence-electron chi connectivity index (χ1n) is 3.95. The van der Waals surface area contributed by atoms with Crippen LogP contribution in [-0.2, 0) is 0 Å². The van der Waals surface area contributed by atoms with E-state index in [1.807, 2.05) is 18.2 Å². The Hall–Kier alpha value is -1.86. The van der Waals surface area contributed by atoms with E-state index in [-0.39, 0.29) is 16.0 Å². The normalized spacial score (nSPS) is 9.93. The van der Waals surface area contributed by atoms with Crippen LogP contribution in [0.4, 0.5) is 5.00 Å². The number of anilines is 1. The zero-order valence-electron chi connectivity index (χ0n) is 7.15. The van der Waals surface area contributed by atoms with Crippen LogP contribution in [0.15, 0.2) is 29.1 Å². The molecule has 0 radical (unpaired) electrons. The second kappa shape index (κ2) is 3.13. The van der Waals surface area contributed by atoms with Gasteiger partial charge in [-0.3, -0.25) is 4.79 Å². The quantitative estimate of drug-likeness (QED) is 0.707. The van der Waals surface area contributed by atoms with Crippen molar-refractivity contribution in [3.63, 3.8) is 0 Å². The highest BCUT2D eigenvalue weighted by Gasteiger charge is 2.08. The lowest BCUT2D eigenvalue weighted by Crippen LogP contribution is -2.07. The van der Waals surface area contributed by atoms with E-state index < -0.39 is 0 Å². The second-order valence-electron chi connectivity index (χ2n) is 2.78. The summed E-state index contributed by atoms with van der Waals surface area (Å²) < 4.78 is 0.814. The lowest BCUT2D eigenvalue weighted by molar-refractivity contribution is 1.48. The van der Waals surface area contributed by atoms with E-state index in [1.165, 1.54) is 11.3 Å². The highest BCUT2D eigenvalue weighted by atomic mass is 32.1. The fraction of sp³-hybridized carbons (Fsp3) is 0. The van der Waals surface area contributed by atoms with Gasteiger partial charge >= 0.3 is 0 Å². The molecule has 1 aromatic carbocycles. The van der Waals surface area contributed by atoms with Gasteiger partial charge < -0.3 is 5.73 Å². The third-order valence-corrected chi connectivity index (χ3v) is 2.94. The van der Waals surface area contributed by atoms with Crippen molar-refractivity contribution in [3.8, 4) is 6.07 Å². The van der Waals surface area contributed by atoms with Crippen LogP contribution in [0, 0.1) is 11.3 Å². The highest BCUT2D eigenvalue weighted by Crippen LogP contribution is 2.22. The van der Waals surface area contributed by atoms with Gasteiger partial charge in [0.1, 0.15) is 16.6 Å². The number of nitrogens with two attached hydrogens (primary N) is 1. The molecule has 0 bridgehead atoms. The Bertz CT molecular complexity index is 595. The van der Waals surface area contributed by atoms with E-state index in [0.29, 0.717) is 5.39 Å². The topological polar surface area (TPSA) is 66.9 Å². The first-order valence-corrected chi connectivity index (χ1v) is 4.77. The Morgan fingerprint density at radius 2 is 2.07 bits per heavy atom. The van der Waals surface area contributed by atoms with Crippen LogP contribution in [-0.4, -0.2) is 0 Å².